The van der Waals surface area contributed by atoms with E-state index in [2.05, 4.69) is 28.6 Å². The van der Waals surface area contributed by atoms with Gasteiger partial charge in [0.05, 0.1) is 10.2 Å². The molecule has 0 aliphatic rings. The molecule has 5 nitrogen and oxygen atoms in total. The summed E-state index contributed by atoms with van der Waals surface area (Å²) in [5, 5.41) is 6.52. The summed E-state index contributed by atoms with van der Waals surface area (Å²) in [7, 11) is 0. The highest BCUT2D eigenvalue weighted by molar-refractivity contribution is 7.22. The molecule has 90 valence electrons. The van der Waals surface area contributed by atoms with E-state index >= 15 is 0 Å². The number of nitrogens with zero attached hydrogens (tertiary/aromatic N) is 1. The smallest absolute Gasteiger partial charge is 0.312 e. The molecular weight excluding hydrogens is 236 g/mol. The summed E-state index contributed by atoms with van der Waals surface area (Å²) in [6.07, 6.45) is 0. The predicted molar refractivity (Wildman–Crippen MR) is 70.4 cm³/mol. The number of amides is 2. The number of nitrogens with two attached hydrogens (primary N) is 1. The third-order valence-electron chi connectivity index (χ3n) is 2.24. The highest BCUT2D eigenvalue weighted by Gasteiger charge is 2.02. The molecule has 17 heavy (non-hydrogen) atoms. The van der Waals surface area contributed by atoms with Crippen LogP contribution >= 0.6 is 11.3 Å². The van der Waals surface area contributed by atoms with Gasteiger partial charge in [-0.3, -0.25) is 0 Å². The van der Waals surface area contributed by atoms with Crippen molar-refractivity contribution >= 4 is 32.7 Å². The Kier molecular flexibility index (Phi) is 3.43. The van der Waals surface area contributed by atoms with Crippen LogP contribution in [0, 0.1) is 6.92 Å². The number of primary amides is 1. The Labute approximate surface area is 103 Å². The second-order valence-corrected chi connectivity index (χ2v) is 4.74. The molecule has 0 saturated heterocycles. The van der Waals surface area contributed by atoms with Crippen molar-refractivity contribution in [3.63, 3.8) is 0 Å². The number of fused-ring (bicyclic) bond motifs is 1. The largest absolute Gasteiger partial charge is 0.360 e. The molecule has 0 unspecified atom stereocenters. The zero-order valence-electron chi connectivity index (χ0n) is 9.49. The zero-order chi connectivity index (χ0) is 12.3. The van der Waals surface area contributed by atoms with Crippen LogP contribution in [0.5, 0.6) is 0 Å². The first kappa shape index (κ1) is 11.7. The third kappa shape index (κ3) is 3.07. The summed E-state index contributed by atoms with van der Waals surface area (Å²) in [5.74, 6) is 0. The highest BCUT2D eigenvalue weighted by Crippen LogP contribution is 2.26. The Morgan fingerprint density at radius 3 is 3.06 bits per heavy atom. The Morgan fingerprint density at radius 1 is 1.47 bits per heavy atom. The van der Waals surface area contributed by atoms with Gasteiger partial charge in [-0.25, -0.2) is 9.78 Å². The molecule has 4 N–H and O–H groups in total. The molecule has 6 heteroatoms. The number of aryl methyl sites for hydroxylation is 1. The third-order valence-corrected chi connectivity index (χ3v) is 3.22. The van der Waals surface area contributed by atoms with Crippen molar-refractivity contribution in [2.24, 2.45) is 5.73 Å². The fraction of sp³-hybridized carbons (Fsp3) is 0.273. The molecule has 1 aromatic heterocycles. The van der Waals surface area contributed by atoms with Gasteiger partial charge in [0.25, 0.3) is 0 Å². The van der Waals surface area contributed by atoms with Crippen molar-refractivity contribution in [3.8, 4) is 0 Å². The number of hydrogen-bond acceptors (Lipinski definition) is 4. The molecule has 1 heterocycles. The first-order chi connectivity index (χ1) is 8.15. The number of carbonyl (C=O) groups excluding carboxylic acids is 1. The van der Waals surface area contributed by atoms with Gasteiger partial charge in [0.1, 0.15) is 0 Å². The minimum absolute atomic E-state index is 0.490. The first-order valence-electron chi connectivity index (χ1n) is 5.29. The second kappa shape index (κ2) is 5.01. The van der Waals surface area contributed by atoms with E-state index in [1.54, 1.807) is 11.3 Å². The van der Waals surface area contributed by atoms with Gasteiger partial charge >= 0.3 is 6.03 Å². The molecule has 0 bridgehead atoms. The molecule has 0 fully saturated rings. The van der Waals surface area contributed by atoms with Crippen molar-refractivity contribution in [1.29, 1.82) is 0 Å². The fourth-order valence-electron chi connectivity index (χ4n) is 1.46. The summed E-state index contributed by atoms with van der Waals surface area (Å²) in [6, 6.07) is 5.65. The van der Waals surface area contributed by atoms with Crippen LogP contribution in [0.4, 0.5) is 9.93 Å². The lowest BCUT2D eigenvalue weighted by molar-refractivity contribution is 0.249. The maximum Gasteiger partial charge on any atom is 0.312 e. The van der Waals surface area contributed by atoms with Crippen LogP contribution in [0.3, 0.4) is 0 Å². The van der Waals surface area contributed by atoms with E-state index in [1.165, 1.54) is 5.56 Å². The van der Waals surface area contributed by atoms with Crippen LogP contribution in [0.2, 0.25) is 0 Å². The van der Waals surface area contributed by atoms with Crippen LogP contribution in [-0.2, 0) is 0 Å². The van der Waals surface area contributed by atoms with Crippen LogP contribution in [-0.4, -0.2) is 24.1 Å². The first-order valence-corrected chi connectivity index (χ1v) is 6.11. The predicted octanol–water partition coefficient (Wildman–Crippen LogP) is 1.68. The Morgan fingerprint density at radius 2 is 2.29 bits per heavy atom. The average molecular weight is 250 g/mol. The molecule has 1 aromatic carbocycles. The van der Waals surface area contributed by atoms with Crippen molar-refractivity contribution < 1.29 is 4.79 Å². The van der Waals surface area contributed by atoms with E-state index in [0.29, 0.717) is 13.1 Å². The second-order valence-electron chi connectivity index (χ2n) is 3.71. The molecule has 0 saturated carbocycles. The number of hydrogen-bond donors (Lipinski definition) is 3. The number of benzene rings is 1. The average Bonchev–Trinajstić information content (AvgIpc) is 2.66. The van der Waals surface area contributed by atoms with Gasteiger partial charge in [-0.1, -0.05) is 17.4 Å². The lowest BCUT2D eigenvalue weighted by atomic mass is 10.2. The molecule has 0 radical (unpaired) electrons. The maximum absolute atomic E-state index is 10.5. The number of carbonyl (C=O) groups is 1. The van der Waals surface area contributed by atoms with Gasteiger partial charge < -0.3 is 16.4 Å². The van der Waals surface area contributed by atoms with Gasteiger partial charge in [-0.15, -0.1) is 0 Å². The Hall–Kier alpha value is -1.82. The monoisotopic (exact) mass is 250 g/mol. The molecule has 0 aliphatic heterocycles. The molecule has 0 aliphatic carbocycles. The van der Waals surface area contributed by atoms with Crippen molar-refractivity contribution in [1.82, 2.24) is 10.3 Å². The summed E-state index contributed by atoms with van der Waals surface area (Å²) < 4.78 is 1.16. The SMILES string of the molecule is Cc1ccc2nc(NCCNC(N)=O)sc2c1. The van der Waals surface area contributed by atoms with Gasteiger partial charge in [0, 0.05) is 13.1 Å². The lowest BCUT2D eigenvalue weighted by Crippen LogP contribution is -2.33. The fourth-order valence-corrected chi connectivity index (χ4v) is 2.45. The van der Waals surface area contributed by atoms with E-state index < -0.39 is 6.03 Å². The topological polar surface area (TPSA) is 80.0 Å². The molecule has 2 amide bonds. The minimum Gasteiger partial charge on any atom is -0.360 e. The van der Waals surface area contributed by atoms with E-state index in [9.17, 15) is 4.79 Å². The highest BCUT2D eigenvalue weighted by atomic mass is 32.1. The van der Waals surface area contributed by atoms with E-state index in [4.69, 9.17) is 5.73 Å². The van der Waals surface area contributed by atoms with Gasteiger partial charge in [0.15, 0.2) is 5.13 Å². The molecule has 0 spiro atoms. The summed E-state index contributed by atoms with van der Waals surface area (Å²) >= 11 is 1.60. The minimum atomic E-state index is -0.508. The van der Waals surface area contributed by atoms with Crippen molar-refractivity contribution in [2.75, 3.05) is 18.4 Å². The quantitative estimate of drug-likeness (QED) is 0.722. The van der Waals surface area contributed by atoms with E-state index in [0.717, 1.165) is 15.3 Å². The van der Waals surface area contributed by atoms with Crippen molar-refractivity contribution in [3.05, 3.63) is 23.8 Å². The number of urea groups is 1. The standard InChI is InChI=1S/C11H14N4OS/c1-7-2-3-8-9(6-7)17-11(15-8)14-5-4-13-10(12)16/h2-3,6H,4-5H2,1H3,(H,14,15)(H3,12,13,16). The number of aromatic nitrogens is 1. The summed E-state index contributed by atoms with van der Waals surface area (Å²) in [6.45, 7) is 3.16. The van der Waals surface area contributed by atoms with E-state index in [-0.39, 0.29) is 0 Å². The number of nitrogens with one attached hydrogen (secondary N) is 2. The van der Waals surface area contributed by atoms with Gasteiger partial charge in [0.2, 0.25) is 0 Å². The molecular formula is C11H14N4OS. The molecule has 2 aromatic rings. The summed E-state index contributed by atoms with van der Waals surface area (Å²) in [5.41, 5.74) is 7.18. The zero-order valence-corrected chi connectivity index (χ0v) is 10.3. The number of thiazole rings is 1. The lowest BCUT2D eigenvalue weighted by Gasteiger charge is -2.01. The Bertz CT molecular complexity index is 537. The number of anilines is 1. The van der Waals surface area contributed by atoms with Crippen LogP contribution < -0.4 is 16.4 Å². The number of rotatable bonds is 4. The summed E-state index contributed by atoms with van der Waals surface area (Å²) in [4.78, 5) is 14.9. The van der Waals surface area contributed by atoms with Gasteiger partial charge in [-0.2, -0.15) is 0 Å². The van der Waals surface area contributed by atoms with Crippen LogP contribution in [0.1, 0.15) is 5.56 Å². The maximum atomic E-state index is 10.5. The van der Waals surface area contributed by atoms with Crippen molar-refractivity contribution in [2.45, 2.75) is 6.92 Å². The normalized spacial score (nSPS) is 10.4. The van der Waals surface area contributed by atoms with E-state index in [1.807, 2.05) is 12.1 Å². The van der Waals surface area contributed by atoms with Crippen LogP contribution in [0.25, 0.3) is 10.2 Å². The van der Waals surface area contributed by atoms with Crippen LogP contribution in [0.15, 0.2) is 18.2 Å². The van der Waals surface area contributed by atoms with Gasteiger partial charge in [-0.05, 0) is 24.6 Å². The molecule has 0 atom stereocenters. The molecule has 2 rings (SSSR count). The Balaban J connectivity index is 1.97.